The summed E-state index contributed by atoms with van der Waals surface area (Å²) in [7, 11) is 1.24. The lowest BCUT2D eigenvalue weighted by Gasteiger charge is -2.30. The molecule has 0 spiro atoms. The van der Waals surface area contributed by atoms with Gasteiger partial charge < -0.3 is 10.1 Å². The van der Waals surface area contributed by atoms with Crippen molar-refractivity contribution in [3.05, 3.63) is 46.0 Å². The summed E-state index contributed by atoms with van der Waals surface area (Å²) in [4.78, 5) is 24.4. The second-order valence-electron chi connectivity index (χ2n) is 4.94. The van der Waals surface area contributed by atoms with E-state index in [-0.39, 0.29) is 0 Å². The van der Waals surface area contributed by atoms with Crippen LogP contribution >= 0.6 is 11.8 Å². The number of esters is 1. The summed E-state index contributed by atoms with van der Waals surface area (Å²) in [6.45, 7) is 1.95. The van der Waals surface area contributed by atoms with Crippen molar-refractivity contribution in [2.45, 2.75) is 12.8 Å². The molecule has 1 aliphatic rings. The molecule has 0 saturated carbocycles. The largest absolute Gasteiger partial charge is 0.468 e. The van der Waals surface area contributed by atoms with E-state index in [1.54, 1.807) is 6.26 Å². The monoisotopic (exact) mass is 316 g/mol. The van der Waals surface area contributed by atoms with Gasteiger partial charge in [0.1, 0.15) is 5.92 Å². The van der Waals surface area contributed by atoms with Crippen LogP contribution in [0.25, 0.3) is 0 Å². The van der Waals surface area contributed by atoms with Crippen LogP contribution in [-0.4, -0.2) is 25.2 Å². The fourth-order valence-electron chi connectivity index (χ4n) is 2.50. The summed E-state index contributed by atoms with van der Waals surface area (Å²) in [6, 6.07) is 9.59. The highest BCUT2D eigenvalue weighted by Gasteiger charge is 2.43. The highest BCUT2D eigenvalue weighted by molar-refractivity contribution is 8.02. The van der Waals surface area contributed by atoms with Gasteiger partial charge in [-0.05, 0) is 18.7 Å². The summed E-state index contributed by atoms with van der Waals surface area (Å²) in [5.41, 5.74) is 2.19. The second-order valence-corrected chi connectivity index (χ2v) is 5.75. The molecule has 1 unspecified atom stereocenters. The number of amides is 1. The Morgan fingerprint density at radius 1 is 1.36 bits per heavy atom. The maximum absolute atomic E-state index is 12.3. The molecule has 5 nitrogen and oxygen atoms in total. The van der Waals surface area contributed by atoms with Crippen LogP contribution in [0.2, 0.25) is 0 Å². The summed E-state index contributed by atoms with van der Waals surface area (Å²) < 4.78 is 4.76. The van der Waals surface area contributed by atoms with Crippen LogP contribution < -0.4 is 5.32 Å². The topological polar surface area (TPSA) is 79.2 Å². The van der Waals surface area contributed by atoms with E-state index in [0.29, 0.717) is 10.6 Å². The molecule has 1 N–H and O–H groups in total. The lowest BCUT2D eigenvalue weighted by atomic mass is 9.78. The van der Waals surface area contributed by atoms with Crippen LogP contribution in [0, 0.1) is 24.2 Å². The van der Waals surface area contributed by atoms with E-state index in [0.717, 1.165) is 11.1 Å². The zero-order valence-corrected chi connectivity index (χ0v) is 13.4. The van der Waals surface area contributed by atoms with Gasteiger partial charge in [-0.3, -0.25) is 9.59 Å². The van der Waals surface area contributed by atoms with E-state index in [4.69, 9.17) is 4.74 Å². The van der Waals surface area contributed by atoms with Crippen molar-refractivity contribution >= 4 is 23.6 Å². The first-order valence-electron chi connectivity index (χ1n) is 6.67. The summed E-state index contributed by atoms with van der Waals surface area (Å²) in [5.74, 6) is -2.77. The molecule has 0 bridgehead atoms. The number of thioether (sulfide) groups is 1. The Balaban J connectivity index is 2.62. The van der Waals surface area contributed by atoms with E-state index >= 15 is 0 Å². The van der Waals surface area contributed by atoms with E-state index in [9.17, 15) is 14.9 Å². The first kappa shape index (κ1) is 16.1. The van der Waals surface area contributed by atoms with Crippen LogP contribution in [0.1, 0.15) is 17.0 Å². The SMILES string of the molecule is COC(=O)[C@H]1C(=O)NC(SC)=C(C#N)C1c1ccc(C)cc1. The van der Waals surface area contributed by atoms with Crippen LogP contribution in [-0.2, 0) is 14.3 Å². The fraction of sp³-hybridized carbons (Fsp3) is 0.312. The van der Waals surface area contributed by atoms with Gasteiger partial charge in [-0.2, -0.15) is 5.26 Å². The number of nitrogens with zero attached hydrogens (tertiary/aromatic N) is 1. The third kappa shape index (κ3) is 2.85. The van der Waals surface area contributed by atoms with Crippen molar-refractivity contribution in [1.29, 1.82) is 5.26 Å². The van der Waals surface area contributed by atoms with E-state index in [1.165, 1.54) is 18.9 Å². The zero-order valence-electron chi connectivity index (χ0n) is 12.5. The molecule has 2 atom stereocenters. The number of nitrogens with one attached hydrogen (secondary N) is 1. The standard InChI is InChI=1S/C16H16N2O3S/c1-9-4-6-10(7-5-9)12-11(8-17)15(22-3)18-14(19)13(12)16(20)21-2/h4-7,12-13H,1-3H3,(H,18,19)/t12?,13-/m1/s1. The van der Waals surface area contributed by atoms with Crippen molar-refractivity contribution in [3.63, 3.8) is 0 Å². The fourth-order valence-corrected chi connectivity index (χ4v) is 3.10. The molecule has 0 radical (unpaired) electrons. The van der Waals surface area contributed by atoms with Crippen molar-refractivity contribution < 1.29 is 14.3 Å². The van der Waals surface area contributed by atoms with E-state index in [2.05, 4.69) is 11.4 Å². The number of aryl methyl sites for hydroxylation is 1. The quantitative estimate of drug-likeness (QED) is 0.682. The summed E-state index contributed by atoms with van der Waals surface area (Å²) in [5, 5.41) is 12.6. The van der Waals surface area contributed by atoms with E-state index < -0.39 is 23.7 Å². The lowest BCUT2D eigenvalue weighted by molar-refractivity contribution is -0.150. The van der Waals surface area contributed by atoms with Crippen molar-refractivity contribution in [3.8, 4) is 6.07 Å². The van der Waals surface area contributed by atoms with Gasteiger partial charge >= 0.3 is 5.97 Å². The van der Waals surface area contributed by atoms with Crippen molar-refractivity contribution in [2.75, 3.05) is 13.4 Å². The molecule has 0 aromatic heterocycles. The molecule has 0 aliphatic carbocycles. The Bertz CT molecular complexity index is 674. The first-order chi connectivity index (χ1) is 10.5. The van der Waals surface area contributed by atoms with Crippen LogP contribution in [0.15, 0.2) is 34.9 Å². The van der Waals surface area contributed by atoms with Crippen molar-refractivity contribution in [1.82, 2.24) is 5.32 Å². The molecule has 0 saturated heterocycles. The highest BCUT2D eigenvalue weighted by atomic mass is 32.2. The van der Waals surface area contributed by atoms with Gasteiger partial charge in [0, 0.05) is 5.92 Å². The molecule has 1 aromatic rings. The minimum Gasteiger partial charge on any atom is -0.468 e. The van der Waals surface area contributed by atoms with Gasteiger partial charge in [-0.15, -0.1) is 11.8 Å². The van der Waals surface area contributed by atoms with Crippen LogP contribution in [0.4, 0.5) is 0 Å². The minimum atomic E-state index is -1.06. The smallest absolute Gasteiger partial charge is 0.319 e. The predicted molar refractivity (Wildman–Crippen MR) is 83.7 cm³/mol. The number of nitriles is 1. The molecule has 22 heavy (non-hydrogen) atoms. The number of carbonyl (C=O) groups excluding carboxylic acids is 2. The molecule has 1 aromatic carbocycles. The second kappa shape index (κ2) is 6.67. The van der Waals surface area contributed by atoms with Gasteiger partial charge in [0.15, 0.2) is 0 Å². The number of hydrogen-bond acceptors (Lipinski definition) is 5. The first-order valence-corrected chi connectivity index (χ1v) is 7.89. The molecule has 114 valence electrons. The van der Waals surface area contributed by atoms with Gasteiger partial charge in [0.05, 0.1) is 23.8 Å². The maximum atomic E-state index is 12.3. The van der Waals surface area contributed by atoms with Gasteiger partial charge in [0.25, 0.3) is 0 Å². The van der Waals surface area contributed by atoms with E-state index in [1.807, 2.05) is 31.2 Å². The molecular formula is C16H16N2O3S. The normalized spacial score (nSPS) is 21.1. The molecule has 0 fully saturated rings. The number of hydrogen-bond donors (Lipinski definition) is 1. The Labute approximate surface area is 133 Å². The summed E-state index contributed by atoms with van der Waals surface area (Å²) >= 11 is 1.28. The average Bonchev–Trinajstić information content (AvgIpc) is 2.53. The molecule has 1 amide bonds. The number of allylic oxidation sites excluding steroid dienone is 1. The molecular weight excluding hydrogens is 300 g/mol. The minimum absolute atomic E-state index is 0.381. The van der Waals surface area contributed by atoms with Gasteiger partial charge in [-0.25, -0.2) is 0 Å². The average molecular weight is 316 g/mol. The Morgan fingerprint density at radius 2 is 2.00 bits per heavy atom. The van der Waals surface area contributed by atoms with Crippen molar-refractivity contribution in [2.24, 2.45) is 5.92 Å². The highest BCUT2D eigenvalue weighted by Crippen LogP contribution is 2.39. The van der Waals surface area contributed by atoms with Gasteiger partial charge in [-0.1, -0.05) is 29.8 Å². The Hall–Kier alpha value is -2.26. The third-order valence-corrected chi connectivity index (χ3v) is 4.35. The predicted octanol–water partition coefficient (Wildman–Crippen LogP) is 2.10. The number of carbonyl (C=O) groups is 2. The third-order valence-electron chi connectivity index (χ3n) is 3.62. The van der Waals surface area contributed by atoms with Crippen LogP contribution in [0.3, 0.4) is 0 Å². The Kier molecular flexibility index (Phi) is 4.88. The Morgan fingerprint density at radius 3 is 2.50 bits per heavy atom. The number of benzene rings is 1. The van der Waals surface area contributed by atoms with Gasteiger partial charge in [0.2, 0.25) is 5.91 Å². The number of ether oxygens (including phenoxy) is 1. The maximum Gasteiger partial charge on any atom is 0.319 e. The molecule has 1 aliphatic heterocycles. The van der Waals surface area contributed by atoms with Crippen LogP contribution in [0.5, 0.6) is 0 Å². The zero-order chi connectivity index (χ0) is 16.3. The number of rotatable bonds is 3. The summed E-state index contributed by atoms with van der Waals surface area (Å²) in [6.07, 6.45) is 1.78. The molecule has 6 heteroatoms. The molecule has 2 rings (SSSR count). The number of methoxy groups -OCH3 is 1. The lowest BCUT2D eigenvalue weighted by Crippen LogP contribution is -2.44. The molecule has 1 heterocycles.